The predicted molar refractivity (Wildman–Crippen MR) is 108 cm³/mol. The standard InChI is InChI=1S/C24H23NO/c1-18-12-14-20(15-13-18)16-17-23(26)25-24(21-9-4-3-5-10-21)22-11-7-6-8-19(22)2/h3-17,24H,1-2H3,(H,25,26)/b17-16+/t24-/m0/s1. The molecule has 0 heterocycles. The summed E-state index contributed by atoms with van der Waals surface area (Å²) < 4.78 is 0. The molecule has 0 bridgehead atoms. The van der Waals surface area contributed by atoms with E-state index >= 15 is 0 Å². The van der Waals surface area contributed by atoms with Gasteiger partial charge in [-0.1, -0.05) is 84.4 Å². The van der Waals surface area contributed by atoms with Crippen LogP contribution in [0.15, 0.2) is 84.9 Å². The van der Waals surface area contributed by atoms with Gasteiger partial charge in [0.1, 0.15) is 0 Å². The molecule has 3 rings (SSSR count). The highest BCUT2D eigenvalue weighted by atomic mass is 16.1. The Morgan fingerprint density at radius 3 is 2.19 bits per heavy atom. The van der Waals surface area contributed by atoms with E-state index in [1.807, 2.05) is 79.7 Å². The molecule has 0 fully saturated rings. The number of benzene rings is 3. The van der Waals surface area contributed by atoms with Gasteiger partial charge in [0, 0.05) is 6.08 Å². The monoisotopic (exact) mass is 341 g/mol. The SMILES string of the molecule is Cc1ccc(/C=C/C(=O)N[C@@H](c2ccccc2)c2ccccc2C)cc1. The first-order chi connectivity index (χ1) is 12.6. The number of nitrogens with one attached hydrogen (secondary N) is 1. The molecule has 0 aromatic heterocycles. The van der Waals surface area contributed by atoms with Crippen molar-refractivity contribution in [3.05, 3.63) is 113 Å². The van der Waals surface area contributed by atoms with E-state index in [0.717, 1.165) is 22.3 Å². The summed E-state index contributed by atoms with van der Waals surface area (Å²) in [5, 5.41) is 3.15. The summed E-state index contributed by atoms with van der Waals surface area (Å²) in [6.45, 7) is 4.12. The Hall–Kier alpha value is -3.13. The number of carbonyl (C=O) groups is 1. The van der Waals surface area contributed by atoms with Gasteiger partial charge in [-0.25, -0.2) is 0 Å². The first kappa shape index (κ1) is 17.7. The van der Waals surface area contributed by atoms with Crippen LogP contribution in [-0.2, 0) is 4.79 Å². The van der Waals surface area contributed by atoms with E-state index in [0.29, 0.717) is 0 Å². The molecule has 1 amide bonds. The molecule has 0 aliphatic rings. The molecular weight excluding hydrogens is 318 g/mol. The minimum Gasteiger partial charge on any atom is -0.342 e. The lowest BCUT2D eigenvalue weighted by molar-refractivity contribution is -0.116. The molecule has 3 aromatic rings. The molecule has 1 atom stereocenters. The Bertz CT molecular complexity index is 895. The lowest BCUT2D eigenvalue weighted by atomic mass is 9.95. The number of carbonyl (C=O) groups excluding carboxylic acids is 1. The van der Waals surface area contributed by atoms with Crippen LogP contribution in [0.2, 0.25) is 0 Å². The Morgan fingerprint density at radius 2 is 1.50 bits per heavy atom. The van der Waals surface area contributed by atoms with Crippen molar-refractivity contribution >= 4 is 12.0 Å². The minimum absolute atomic E-state index is 0.109. The van der Waals surface area contributed by atoms with Gasteiger partial charge in [0.15, 0.2) is 0 Å². The summed E-state index contributed by atoms with van der Waals surface area (Å²) in [5.74, 6) is -0.109. The number of hydrogen-bond donors (Lipinski definition) is 1. The maximum Gasteiger partial charge on any atom is 0.244 e. The molecule has 2 nitrogen and oxygen atoms in total. The highest BCUT2D eigenvalue weighted by Crippen LogP contribution is 2.24. The van der Waals surface area contributed by atoms with Crippen LogP contribution in [0.25, 0.3) is 6.08 Å². The zero-order valence-corrected chi connectivity index (χ0v) is 15.1. The Morgan fingerprint density at radius 1 is 0.846 bits per heavy atom. The first-order valence-electron chi connectivity index (χ1n) is 8.79. The van der Waals surface area contributed by atoms with Crippen molar-refractivity contribution in [2.24, 2.45) is 0 Å². The van der Waals surface area contributed by atoms with E-state index < -0.39 is 0 Å². The number of hydrogen-bond acceptors (Lipinski definition) is 1. The second-order valence-electron chi connectivity index (χ2n) is 6.45. The van der Waals surface area contributed by atoms with Gasteiger partial charge in [-0.2, -0.15) is 0 Å². The molecular formula is C24H23NO. The average Bonchev–Trinajstić information content (AvgIpc) is 2.67. The molecule has 130 valence electrons. The predicted octanol–water partition coefficient (Wildman–Crippen LogP) is 5.22. The Kier molecular flexibility index (Phi) is 5.65. The fourth-order valence-corrected chi connectivity index (χ4v) is 2.94. The van der Waals surface area contributed by atoms with Gasteiger partial charge in [0.2, 0.25) is 5.91 Å². The highest BCUT2D eigenvalue weighted by Gasteiger charge is 2.17. The zero-order chi connectivity index (χ0) is 18.4. The quantitative estimate of drug-likeness (QED) is 0.633. The highest BCUT2D eigenvalue weighted by molar-refractivity contribution is 5.92. The van der Waals surface area contributed by atoms with E-state index in [2.05, 4.69) is 24.4 Å². The average molecular weight is 341 g/mol. The third-order valence-electron chi connectivity index (χ3n) is 4.42. The summed E-state index contributed by atoms with van der Waals surface area (Å²) in [4.78, 5) is 12.6. The van der Waals surface area contributed by atoms with Gasteiger partial charge in [-0.15, -0.1) is 0 Å². The maximum absolute atomic E-state index is 12.6. The molecule has 0 radical (unpaired) electrons. The lowest BCUT2D eigenvalue weighted by Gasteiger charge is -2.21. The van der Waals surface area contributed by atoms with E-state index in [1.54, 1.807) is 6.08 Å². The van der Waals surface area contributed by atoms with Crippen molar-refractivity contribution in [2.75, 3.05) is 0 Å². The van der Waals surface area contributed by atoms with Crippen molar-refractivity contribution in [2.45, 2.75) is 19.9 Å². The molecule has 26 heavy (non-hydrogen) atoms. The lowest BCUT2D eigenvalue weighted by Crippen LogP contribution is -2.28. The van der Waals surface area contributed by atoms with Gasteiger partial charge in [0.05, 0.1) is 6.04 Å². The summed E-state index contributed by atoms with van der Waals surface area (Å²) >= 11 is 0. The number of amides is 1. The van der Waals surface area contributed by atoms with Crippen molar-refractivity contribution < 1.29 is 4.79 Å². The van der Waals surface area contributed by atoms with E-state index in [-0.39, 0.29) is 11.9 Å². The number of aryl methyl sites for hydroxylation is 2. The first-order valence-corrected chi connectivity index (χ1v) is 8.79. The molecule has 0 aliphatic heterocycles. The molecule has 2 heteroatoms. The van der Waals surface area contributed by atoms with Crippen LogP contribution in [0, 0.1) is 13.8 Å². The van der Waals surface area contributed by atoms with E-state index in [4.69, 9.17) is 0 Å². The van der Waals surface area contributed by atoms with E-state index in [1.165, 1.54) is 5.56 Å². The molecule has 3 aromatic carbocycles. The van der Waals surface area contributed by atoms with Crippen LogP contribution in [0.1, 0.15) is 33.9 Å². The molecule has 1 N–H and O–H groups in total. The fraction of sp³-hybridized carbons (Fsp3) is 0.125. The van der Waals surface area contributed by atoms with Crippen molar-refractivity contribution in [1.82, 2.24) is 5.32 Å². The van der Waals surface area contributed by atoms with Crippen LogP contribution < -0.4 is 5.32 Å². The van der Waals surface area contributed by atoms with Gasteiger partial charge in [-0.05, 0) is 42.2 Å². The summed E-state index contributed by atoms with van der Waals surface area (Å²) in [6.07, 6.45) is 3.44. The second kappa shape index (κ2) is 8.30. The third-order valence-corrected chi connectivity index (χ3v) is 4.42. The van der Waals surface area contributed by atoms with Crippen LogP contribution in [0.5, 0.6) is 0 Å². The van der Waals surface area contributed by atoms with Gasteiger partial charge < -0.3 is 5.32 Å². The minimum atomic E-state index is -0.174. The zero-order valence-electron chi connectivity index (χ0n) is 15.1. The smallest absolute Gasteiger partial charge is 0.244 e. The second-order valence-corrected chi connectivity index (χ2v) is 6.45. The summed E-state index contributed by atoms with van der Waals surface area (Å²) in [5.41, 5.74) is 5.55. The van der Waals surface area contributed by atoms with Crippen molar-refractivity contribution in [3.63, 3.8) is 0 Å². The Balaban J connectivity index is 1.83. The molecule has 0 saturated carbocycles. The normalized spacial score (nSPS) is 12.1. The van der Waals surface area contributed by atoms with Crippen LogP contribution in [-0.4, -0.2) is 5.91 Å². The third kappa shape index (κ3) is 4.48. The van der Waals surface area contributed by atoms with Crippen molar-refractivity contribution in [3.8, 4) is 0 Å². The summed E-state index contributed by atoms with van der Waals surface area (Å²) in [7, 11) is 0. The maximum atomic E-state index is 12.6. The van der Waals surface area contributed by atoms with Crippen molar-refractivity contribution in [1.29, 1.82) is 0 Å². The van der Waals surface area contributed by atoms with E-state index in [9.17, 15) is 4.79 Å². The van der Waals surface area contributed by atoms with Crippen LogP contribution in [0.3, 0.4) is 0 Å². The van der Waals surface area contributed by atoms with Gasteiger partial charge in [0.25, 0.3) is 0 Å². The number of rotatable bonds is 5. The van der Waals surface area contributed by atoms with Gasteiger partial charge >= 0.3 is 0 Å². The summed E-state index contributed by atoms with van der Waals surface area (Å²) in [6, 6.07) is 26.1. The molecule has 0 saturated heterocycles. The topological polar surface area (TPSA) is 29.1 Å². The fourth-order valence-electron chi connectivity index (χ4n) is 2.94. The molecule has 0 unspecified atom stereocenters. The van der Waals surface area contributed by atoms with Crippen LogP contribution >= 0.6 is 0 Å². The largest absolute Gasteiger partial charge is 0.342 e. The van der Waals surface area contributed by atoms with Gasteiger partial charge in [-0.3, -0.25) is 4.79 Å². The molecule has 0 spiro atoms. The van der Waals surface area contributed by atoms with Crippen LogP contribution in [0.4, 0.5) is 0 Å². The molecule has 0 aliphatic carbocycles. The Labute approximate surface area is 155 Å².